The van der Waals surface area contributed by atoms with Crippen molar-refractivity contribution in [2.24, 2.45) is 0 Å². The third kappa shape index (κ3) is 4.30. The number of H-pyrrole nitrogens is 1. The van der Waals surface area contributed by atoms with Crippen LogP contribution in [0.4, 0.5) is 0 Å². The molecule has 0 aliphatic carbocycles. The molecule has 0 amide bonds. The highest BCUT2D eigenvalue weighted by atomic mass is 35.5. The summed E-state index contributed by atoms with van der Waals surface area (Å²) in [5, 5.41) is 1.03. The molecule has 1 aliphatic rings. The number of nitrogens with one attached hydrogen (secondary N) is 1. The molecule has 0 unspecified atom stereocenters. The first-order chi connectivity index (χ1) is 15.6. The Kier molecular flexibility index (Phi) is 5.74. The fourth-order valence-electron chi connectivity index (χ4n) is 3.86. The summed E-state index contributed by atoms with van der Waals surface area (Å²) in [6.45, 7) is 2.09. The Balaban J connectivity index is 1.31. The van der Waals surface area contributed by atoms with Gasteiger partial charge in [0.1, 0.15) is 5.82 Å². The van der Waals surface area contributed by atoms with E-state index in [9.17, 15) is 4.79 Å². The van der Waals surface area contributed by atoms with Gasteiger partial charge < -0.3 is 4.98 Å². The van der Waals surface area contributed by atoms with Crippen molar-refractivity contribution in [3.05, 3.63) is 98.3 Å². The highest BCUT2D eigenvalue weighted by molar-refractivity contribution is 6.42. The Bertz CT molecular complexity index is 1320. The highest BCUT2D eigenvalue weighted by Gasteiger charge is 2.21. The molecule has 1 aliphatic heterocycles. The molecular weight excluding hydrogens is 445 g/mol. The molecule has 1 aromatic carbocycles. The average molecular weight is 464 g/mol. The summed E-state index contributed by atoms with van der Waals surface area (Å²) in [5.74, 6) is 0.590. The molecule has 0 saturated heterocycles. The summed E-state index contributed by atoms with van der Waals surface area (Å²) >= 11 is 12.1. The van der Waals surface area contributed by atoms with E-state index in [0.29, 0.717) is 29.0 Å². The van der Waals surface area contributed by atoms with Crippen LogP contribution in [0.3, 0.4) is 0 Å². The average Bonchev–Trinajstić information content (AvgIpc) is 2.82. The van der Waals surface area contributed by atoms with E-state index >= 15 is 0 Å². The third-order valence-corrected chi connectivity index (χ3v) is 6.29. The van der Waals surface area contributed by atoms with Crippen LogP contribution in [0.5, 0.6) is 0 Å². The summed E-state index contributed by atoms with van der Waals surface area (Å²) in [7, 11) is 0. The van der Waals surface area contributed by atoms with Gasteiger partial charge in [0.25, 0.3) is 5.56 Å². The normalized spacial score (nSPS) is 13.7. The van der Waals surface area contributed by atoms with Gasteiger partial charge in [0.05, 0.1) is 27.0 Å². The lowest BCUT2D eigenvalue weighted by atomic mass is 10.1. The lowest BCUT2D eigenvalue weighted by Crippen LogP contribution is -2.35. The van der Waals surface area contributed by atoms with Gasteiger partial charge >= 0.3 is 0 Å². The van der Waals surface area contributed by atoms with Crippen molar-refractivity contribution in [2.45, 2.75) is 19.5 Å². The van der Waals surface area contributed by atoms with Gasteiger partial charge in [-0.3, -0.25) is 19.7 Å². The standard InChI is InChI=1S/C24H19Cl2N5O/c25-19-3-2-17(11-20(19)26)21-4-1-15(12-28-21)13-31-10-7-22-18(14-31)24(32)30-23(29-22)16-5-8-27-9-6-16/h1-6,8-9,11-12H,7,10,13-14H2,(H,29,30,32). The molecule has 0 saturated carbocycles. The Morgan fingerprint density at radius 2 is 1.84 bits per heavy atom. The molecule has 1 N–H and O–H groups in total. The zero-order chi connectivity index (χ0) is 22.1. The second kappa shape index (κ2) is 8.82. The molecule has 5 rings (SSSR count). The Labute approximate surface area is 194 Å². The van der Waals surface area contributed by atoms with Gasteiger partial charge in [-0.15, -0.1) is 0 Å². The van der Waals surface area contributed by atoms with Crippen molar-refractivity contribution >= 4 is 23.2 Å². The van der Waals surface area contributed by atoms with Crippen LogP contribution < -0.4 is 5.56 Å². The molecule has 4 heterocycles. The zero-order valence-electron chi connectivity index (χ0n) is 17.1. The summed E-state index contributed by atoms with van der Waals surface area (Å²) in [6.07, 6.45) is 5.98. The van der Waals surface area contributed by atoms with Crippen LogP contribution in [-0.4, -0.2) is 31.4 Å². The van der Waals surface area contributed by atoms with Crippen LogP contribution >= 0.6 is 23.2 Å². The van der Waals surface area contributed by atoms with E-state index in [1.54, 1.807) is 18.5 Å². The second-order valence-electron chi connectivity index (χ2n) is 7.72. The molecular formula is C24H19Cl2N5O. The predicted molar refractivity (Wildman–Crippen MR) is 126 cm³/mol. The van der Waals surface area contributed by atoms with E-state index in [4.69, 9.17) is 28.2 Å². The van der Waals surface area contributed by atoms with Gasteiger partial charge in [0.2, 0.25) is 0 Å². The topological polar surface area (TPSA) is 74.8 Å². The lowest BCUT2D eigenvalue weighted by molar-refractivity contribution is 0.241. The zero-order valence-corrected chi connectivity index (χ0v) is 18.6. The van der Waals surface area contributed by atoms with Crippen molar-refractivity contribution < 1.29 is 0 Å². The fourth-order valence-corrected chi connectivity index (χ4v) is 4.16. The van der Waals surface area contributed by atoms with Gasteiger partial charge in [0, 0.05) is 55.8 Å². The second-order valence-corrected chi connectivity index (χ2v) is 8.53. The lowest BCUT2D eigenvalue weighted by Gasteiger charge is -2.27. The first-order valence-corrected chi connectivity index (χ1v) is 11.0. The van der Waals surface area contributed by atoms with Crippen LogP contribution in [0.25, 0.3) is 22.6 Å². The summed E-state index contributed by atoms with van der Waals surface area (Å²) < 4.78 is 0. The molecule has 32 heavy (non-hydrogen) atoms. The molecule has 0 bridgehead atoms. The molecule has 3 aromatic heterocycles. The van der Waals surface area contributed by atoms with Crippen molar-refractivity contribution in [3.63, 3.8) is 0 Å². The van der Waals surface area contributed by atoms with Crippen LogP contribution in [-0.2, 0) is 19.5 Å². The number of fused-ring (bicyclic) bond motifs is 1. The van der Waals surface area contributed by atoms with Crippen LogP contribution in [0.2, 0.25) is 10.0 Å². The number of benzene rings is 1. The van der Waals surface area contributed by atoms with Crippen molar-refractivity contribution in [1.82, 2.24) is 24.8 Å². The first-order valence-electron chi connectivity index (χ1n) is 10.2. The van der Waals surface area contributed by atoms with E-state index in [1.807, 2.05) is 36.5 Å². The molecule has 8 heteroatoms. The van der Waals surface area contributed by atoms with Crippen LogP contribution in [0.1, 0.15) is 16.8 Å². The molecule has 0 radical (unpaired) electrons. The molecule has 0 atom stereocenters. The number of hydrogen-bond acceptors (Lipinski definition) is 5. The Morgan fingerprint density at radius 1 is 1.00 bits per heavy atom. The monoisotopic (exact) mass is 463 g/mol. The van der Waals surface area contributed by atoms with Gasteiger partial charge in [-0.2, -0.15) is 0 Å². The maximum atomic E-state index is 12.7. The van der Waals surface area contributed by atoms with E-state index in [-0.39, 0.29) is 5.56 Å². The van der Waals surface area contributed by atoms with Crippen LogP contribution in [0, 0.1) is 0 Å². The number of hydrogen-bond donors (Lipinski definition) is 1. The first kappa shape index (κ1) is 20.8. The van der Waals surface area contributed by atoms with E-state index in [2.05, 4.69) is 25.9 Å². The molecule has 4 aromatic rings. The number of rotatable bonds is 4. The molecule has 6 nitrogen and oxygen atoms in total. The van der Waals surface area contributed by atoms with E-state index in [1.165, 1.54) is 0 Å². The minimum atomic E-state index is -0.0837. The van der Waals surface area contributed by atoms with Crippen molar-refractivity contribution in [2.75, 3.05) is 6.54 Å². The third-order valence-electron chi connectivity index (χ3n) is 5.55. The number of nitrogens with zero attached hydrogens (tertiary/aromatic N) is 4. The summed E-state index contributed by atoms with van der Waals surface area (Å²) in [5.41, 5.74) is 5.20. The number of aromatic nitrogens is 4. The molecule has 160 valence electrons. The Hall–Kier alpha value is -3.06. The maximum Gasteiger partial charge on any atom is 0.255 e. The maximum absolute atomic E-state index is 12.7. The fraction of sp³-hybridized carbons (Fsp3) is 0.167. The summed E-state index contributed by atoms with van der Waals surface area (Å²) in [6, 6.07) is 13.2. The van der Waals surface area contributed by atoms with Crippen molar-refractivity contribution in [1.29, 1.82) is 0 Å². The highest BCUT2D eigenvalue weighted by Crippen LogP contribution is 2.28. The predicted octanol–water partition coefficient (Wildman–Crippen LogP) is 4.76. The minimum Gasteiger partial charge on any atom is -0.306 e. The van der Waals surface area contributed by atoms with Gasteiger partial charge in [-0.25, -0.2) is 4.98 Å². The minimum absolute atomic E-state index is 0.0837. The smallest absolute Gasteiger partial charge is 0.255 e. The molecule has 0 fully saturated rings. The van der Waals surface area contributed by atoms with Crippen LogP contribution in [0.15, 0.2) is 65.8 Å². The number of halogens is 2. The van der Waals surface area contributed by atoms with E-state index < -0.39 is 0 Å². The number of pyridine rings is 2. The Morgan fingerprint density at radius 3 is 2.59 bits per heavy atom. The molecule has 0 spiro atoms. The van der Waals surface area contributed by atoms with E-state index in [0.717, 1.165) is 46.6 Å². The number of aromatic amines is 1. The van der Waals surface area contributed by atoms with Gasteiger partial charge in [-0.05, 0) is 35.9 Å². The largest absolute Gasteiger partial charge is 0.306 e. The summed E-state index contributed by atoms with van der Waals surface area (Å²) in [4.78, 5) is 31.2. The van der Waals surface area contributed by atoms with Gasteiger partial charge in [0.15, 0.2) is 0 Å². The quantitative estimate of drug-likeness (QED) is 0.472. The SMILES string of the molecule is O=c1[nH]c(-c2ccncc2)nc2c1CN(Cc1ccc(-c3ccc(Cl)c(Cl)c3)nc1)CC2. The van der Waals surface area contributed by atoms with Gasteiger partial charge in [-0.1, -0.05) is 35.3 Å². The van der Waals surface area contributed by atoms with Crippen molar-refractivity contribution in [3.8, 4) is 22.6 Å².